The highest BCUT2D eigenvalue weighted by atomic mass is 16.3. The monoisotopic (exact) mass is 276 g/mol. The van der Waals surface area contributed by atoms with Crippen LogP contribution in [0.2, 0.25) is 0 Å². The molecule has 20 heavy (non-hydrogen) atoms. The SMILES string of the molecule is CCc1cc(O)c(N)c(CC)c1.NC1(O)C=CC=CC1. The summed E-state index contributed by atoms with van der Waals surface area (Å²) in [6.45, 7) is 4.09. The van der Waals surface area contributed by atoms with E-state index in [1.165, 1.54) is 0 Å². The molecule has 4 nitrogen and oxygen atoms in total. The predicted octanol–water partition coefficient (Wildman–Crippen LogP) is 2.25. The molecule has 0 spiro atoms. The van der Waals surface area contributed by atoms with Gasteiger partial charge in [-0.25, -0.2) is 0 Å². The lowest BCUT2D eigenvalue weighted by Gasteiger charge is -2.17. The molecule has 6 N–H and O–H groups in total. The summed E-state index contributed by atoms with van der Waals surface area (Å²) >= 11 is 0. The maximum atomic E-state index is 9.42. The van der Waals surface area contributed by atoms with Gasteiger partial charge in [0, 0.05) is 6.42 Å². The van der Waals surface area contributed by atoms with Gasteiger partial charge in [0.2, 0.25) is 0 Å². The fourth-order valence-electron chi connectivity index (χ4n) is 1.88. The van der Waals surface area contributed by atoms with Crippen LogP contribution in [0.25, 0.3) is 0 Å². The average Bonchev–Trinajstić information content (AvgIpc) is 2.42. The number of rotatable bonds is 2. The lowest BCUT2D eigenvalue weighted by molar-refractivity contribution is 0.101. The summed E-state index contributed by atoms with van der Waals surface area (Å²) in [5.74, 6) is 0.214. The van der Waals surface area contributed by atoms with Gasteiger partial charge in [0.1, 0.15) is 11.5 Å². The summed E-state index contributed by atoms with van der Waals surface area (Å²) in [5.41, 5.74) is 12.6. The molecule has 0 heterocycles. The number of nitrogens with two attached hydrogens (primary N) is 2. The van der Waals surface area contributed by atoms with Gasteiger partial charge in [0.15, 0.2) is 0 Å². The van der Waals surface area contributed by atoms with Crippen LogP contribution in [0.3, 0.4) is 0 Å². The van der Waals surface area contributed by atoms with E-state index < -0.39 is 5.72 Å². The molecular weight excluding hydrogens is 252 g/mol. The van der Waals surface area contributed by atoms with E-state index in [2.05, 4.69) is 13.0 Å². The fourth-order valence-corrected chi connectivity index (χ4v) is 1.88. The number of nitrogen functional groups attached to an aromatic ring is 1. The summed E-state index contributed by atoms with van der Waals surface area (Å²) in [4.78, 5) is 0. The molecule has 0 saturated heterocycles. The summed E-state index contributed by atoms with van der Waals surface area (Å²) in [5, 5.41) is 18.4. The van der Waals surface area contributed by atoms with Crippen molar-refractivity contribution in [2.24, 2.45) is 5.73 Å². The van der Waals surface area contributed by atoms with E-state index in [0.29, 0.717) is 12.1 Å². The van der Waals surface area contributed by atoms with Gasteiger partial charge in [0.25, 0.3) is 0 Å². The second-order valence-corrected chi connectivity index (χ2v) is 4.88. The molecule has 1 unspecified atom stereocenters. The van der Waals surface area contributed by atoms with Crippen LogP contribution in [0.5, 0.6) is 5.75 Å². The molecule has 1 aromatic carbocycles. The standard InChI is InChI=1S/C10H15NO.C6H9NO/c1-3-7-5-8(4-2)10(11)9(12)6-7;7-6(8)4-2-1-3-5-6/h5-6,12H,3-4,11H2,1-2H3;1-4,8H,5,7H2. The molecule has 4 heteroatoms. The zero-order valence-electron chi connectivity index (χ0n) is 12.1. The molecule has 0 fully saturated rings. The minimum Gasteiger partial charge on any atom is -0.506 e. The first-order valence-electron chi connectivity index (χ1n) is 6.85. The summed E-state index contributed by atoms with van der Waals surface area (Å²) in [7, 11) is 0. The van der Waals surface area contributed by atoms with Crippen LogP contribution in [0.4, 0.5) is 5.69 Å². The Morgan fingerprint density at radius 1 is 1.20 bits per heavy atom. The molecule has 0 bridgehead atoms. The average molecular weight is 276 g/mol. The zero-order valence-corrected chi connectivity index (χ0v) is 12.1. The molecule has 0 amide bonds. The van der Waals surface area contributed by atoms with Crippen molar-refractivity contribution in [2.75, 3.05) is 5.73 Å². The van der Waals surface area contributed by atoms with Gasteiger partial charge in [0.05, 0.1) is 5.69 Å². The van der Waals surface area contributed by atoms with Gasteiger partial charge >= 0.3 is 0 Å². The molecule has 0 aliphatic heterocycles. The molecule has 0 saturated carbocycles. The van der Waals surface area contributed by atoms with Gasteiger partial charge < -0.3 is 21.7 Å². The number of aliphatic hydroxyl groups is 1. The predicted molar refractivity (Wildman–Crippen MR) is 83.3 cm³/mol. The third-order valence-corrected chi connectivity index (χ3v) is 3.17. The quantitative estimate of drug-likeness (QED) is 0.379. The molecule has 110 valence electrons. The Hall–Kier alpha value is -1.78. The first-order chi connectivity index (χ1) is 9.39. The Morgan fingerprint density at radius 2 is 1.90 bits per heavy atom. The van der Waals surface area contributed by atoms with Crippen molar-refractivity contribution in [1.29, 1.82) is 0 Å². The van der Waals surface area contributed by atoms with E-state index in [1.807, 2.05) is 19.1 Å². The van der Waals surface area contributed by atoms with Crippen LogP contribution >= 0.6 is 0 Å². The van der Waals surface area contributed by atoms with Crippen molar-refractivity contribution in [2.45, 2.75) is 38.8 Å². The maximum Gasteiger partial charge on any atom is 0.139 e. The van der Waals surface area contributed by atoms with Crippen LogP contribution in [0.1, 0.15) is 31.4 Å². The molecule has 1 atom stereocenters. The van der Waals surface area contributed by atoms with Crippen molar-refractivity contribution in [3.8, 4) is 5.75 Å². The topological polar surface area (TPSA) is 92.5 Å². The van der Waals surface area contributed by atoms with Crippen molar-refractivity contribution in [1.82, 2.24) is 0 Å². The van der Waals surface area contributed by atoms with Crippen LogP contribution in [0.15, 0.2) is 36.4 Å². The molecule has 1 aromatic rings. The highest BCUT2D eigenvalue weighted by Gasteiger charge is 2.14. The minimum absolute atomic E-state index is 0.214. The second kappa shape index (κ2) is 7.12. The zero-order chi connectivity index (χ0) is 15.2. The van der Waals surface area contributed by atoms with E-state index in [0.717, 1.165) is 24.0 Å². The first-order valence-corrected chi connectivity index (χ1v) is 6.85. The summed E-state index contributed by atoms with van der Waals surface area (Å²) in [6.07, 6.45) is 9.33. The van der Waals surface area contributed by atoms with E-state index in [1.54, 1.807) is 18.2 Å². The third kappa shape index (κ3) is 4.72. The number of phenolic OH excluding ortho intramolecular Hbond substituents is 1. The number of aromatic hydroxyl groups is 1. The Labute approximate surface area is 120 Å². The molecular formula is C16H24N2O2. The van der Waals surface area contributed by atoms with Crippen molar-refractivity contribution in [3.63, 3.8) is 0 Å². The fraction of sp³-hybridized carbons (Fsp3) is 0.375. The Balaban J connectivity index is 0.000000217. The number of benzene rings is 1. The molecule has 0 radical (unpaired) electrons. The van der Waals surface area contributed by atoms with Gasteiger partial charge in [-0.05, 0) is 36.1 Å². The third-order valence-electron chi connectivity index (χ3n) is 3.17. The highest BCUT2D eigenvalue weighted by Crippen LogP contribution is 2.26. The lowest BCUT2D eigenvalue weighted by Crippen LogP contribution is -2.37. The Bertz CT molecular complexity index is 505. The number of hydrogen-bond acceptors (Lipinski definition) is 4. The molecule has 0 aromatic heterocycles. The number of phenols is 1. The Morgan fingerprint density at radius 3 is 2.30 bits per heavy atom. The Kier molecular flexibility index (Phi) is 5.80. The normalized spacial score (nSPS) is 20.4. The number of hydrogen-bond donors (Lipinski definition) is 4. The van der Waals surface area contributed by atoms with E-state index >= 15 is 0 Å². The number of allylic oxidation sites excluding steroid dienone is 2. The first kappa shape index (κ1) is 16.3. The smallest absolute Gasteiger partial charge is 0.139 e. The maximum absolute atomic E-state index is 9.42. The van der Waals surface area contributed by atoms with Crippen LogP contribution in [0, 0.1) is 0 Å². The second-order valence-electron chi connectivity index (χ2n) is 4.88. The number of anilines is 1. The van der Waals surface area contributed by atoms with Gasteiger partial charge in [-0.15, -0.1) is 0 Å². The van der Waals surface area contributed by atoms with Crippen molar-refractivity contribution < 1.29 is 10.2 Å². The van der Waals surface area contributed by atoms with E-state index in [9.17, 15) is 5.11 Å². The summed E-state index contributed by atoms with van der Waals surface area (Å²) < 4.78 is 0. The highest BCUT2D eigenvalue weighted by molar-refractivity contribution is 5.59. The molecule has 1 aliphatic carbocycles. The van der Waals surface area contributed by atoms with Gasteiger partial charge in [-0.1, -0.05) is 38.1 Å². The summed E-state index contributed by atoms with van der Waals surface area (Å²) in [6, 6.07) is 3.78. The van der Waals surface area contributed by atoms with Gasteiger partial charge in [-0.3, -0.25) is 0 Å². The van der Waals surface area contributed by atoms with Crippen molar-refractivity contribution >= 4 is 5.69 Å². The molecule has 2 rings (SSSR count). The van der Waals surface area contributed by atoms with Crippen LogP contribution in [-0.2, 0) is 12.8 Å². The lowest BCUT2D eigenvalue weighted by atomic mass is 10.0. The largest absolute Gasteiger partial charge is 0.506 e. The van der Waals surface area contributed by atoms with Gasteiger partial charge in [-0.2, -0.15) is 0 Å². The van der Waals surface area contributed by atoms with E-state index in [4.69, 9.17) is 16.6 Å². The number of aryl methyl sites for hydroxylation is 2. The van der Waals surface area contributed by atoms with Crippen LogP contribution in [-0.4, -0.2) is 15.9 Å². The van der Waals surface area contributed by atoms with Crippen LogP contribution < -0.4 is 11.5 Å². The minimum atomic E-state index is -1.09. The van der Waals surface area contributed by atoms with Crippen molar-refractivity contribution in [3.05, 3.63) is 47.6 Å². The molecule has 1 aliphatic rings. The van der Waals surface area contributed by atoms with E-state index in [-0.39, 0.29) is 5.75 Å².